The van der Waals surface area contributed by atoms with Crippen LogP contribution in [0.25, 0.3) is 5.57 Å². The number of hydrogen-bond acceptors (Lipinski definition) is 3. The van der Waals surface area contributed by atoms with Gasteiger partial charge in [0, 0.05) is 23.6 Å². The molecule has 0 heterocycles. The summed E-state index contributed by atoms with van der Waals surface area (Å²) in [6, 6.07) is 2.28. The first-order chi connectivity index (χ1) is 7.13. The van der Waals surface area contributed by atoms with Gasteiger partial charge >= 0.3 is 0 Å². The highest BCUT2D eigenvalue weighted by molar-refractivity contribution is 6.33. The van der Waals surface area contributed by atoms with Gasteiger partial charge in [-0.05, 0) is 12.1 Å². The summed E-state index contributed by atoms with van der Waals surface area (Å²) in [7, 11) is 0. The molecule has 0 unspecified atom stereocenters. The summed E-state index contributed by atoms with van der Waals surface area (Å²) in [6.07, 6.45) is 2.53. The van der Waals surface area contributed by atoms with Gasteiger partial charge in [-0.2, -0.15) is 0 Å². The van der Waals surface area contributed by atoms with Crippen molar-refractivity contribution in [1.82, 2.24) is 0 Å². The van der Waals surface area contributed by atoms with Crippen molar-refractivity contribution in [3.63, 3.8) is 0 Å². The van der Waals surface area contributed by atoms with E-state index in [1.807, 2.05) is 0 Å². The lowest BCUT2D eigenvalue weighted by molar-refractivity contribution is 0.112. The first-order valence-electron chi connectivity index (χ1n) is 4.01. The van der Waals surface area contributed by atoms with Gasteiger partial charge in [0.1, 0.15) is 5.82 Å². The predicted octanol–water partition coefficient (Wildman–Crippen LogP) is 2.24. The van der Waals surface area contributed by atoms with Crippen LogP contribution in [0.4, 0.5) is 4.39 Å². The Morgan fingerprint density at radius 3 is 2.67 bits per heavy atom. The number of allylic oxidation sites excluding steroid dienone is 1. The summed E-state index contributed by atoms with van der Waals surface area (Å²) in [5, 5.41) is 7.17. The second-order valence-electron chi connectivity index (χ2n) is 2.74. The van der Waals surface area contributed by atoms with Crippen LogP contribution in [0.1, 0.15) is 15.9 Å². The van der Waals surface area contributed by atoms with Gasteiger partial charge in [0.2, 0.25) is 0 Å². The largest absolute Gasteiger partial charge is 0.404 e. The molecule has 0 bridgehead atoms. The van der Waals surface area contributed by atoms with Gasteiger partial charge in [0.05, 0.1) is 10.6 Å². The highest BCUT2D eigenvalue weighted by Crippen LogP contribution is 2.25. The molecular weight excluding hydrogens is 219 g/mol. The van der Waals surface area contributed by atoms with Crippen molar-refractivity contribution in [3.05, 3.63) is 40.3 Å². The maximum absolute atomic E-state index is 13.1. The van der Waals surface area contributed by atoms with Gasteiger partial charge in [-0.15, -0.1) is 0 Å². The van der Waals surface area contributed by atoms with E-state index in [4.69, 9.17) is 22.7 Å². The van der Waals surface area contributed by atoms with E-state index in [9.17, 15) is 9.18 Å². The van der Waals surface area contributed by atoms with E-state index in [-0.39, 0.29) is 10.6 Å². The lowest BCUT2D eigenvalue weighted by Crippen LogP contribution is -1.96. The van der Waals surface area contributed by atoms with Crippen LogP contribution in [0.5, 0.6) is 0 Å². The Balaban J connectivity index is 3.42. The molecule has 0 spiro atoms. The number of nitrogens with one attached hydrogen (secondary N) is 1. The van der Waals surface area contributed by atoms with Crippen LogP contribution in [0.2, 0.25) is 5.02 Å². The summed E-state index contributed by atoms with van der Waals surface area (Å²) in [5.74, 6) is -0.694. The Morgan fingerprint density at radius 2 is 2.20 bits per heavy atom. The van der Waals surface area contributed by atoms with Gasteiger partial charge in [-0.25, -0.2) is 4.39 Å². The molecule has 0 aliphatic heterocycles. The van der Waals surface area contributed by atoms with Crippen LogP contribution in [0.3, 0.4) is 0 Å². The summed E-state index contributed by atoms with van der Waals surface area (Å²) >= 11 is 5.76. The zero-order valence-electron chi connectivity index (χ0n) is 7.63. The minimum atomic E-state index is -0.694. The van der Waals surface area contributed by atoms with Gasteiger partial charge in [0.15, 0.2) is 6.29 Å². The van der Waals surface area contributed by atoms with Crippen molar-refractivity contribution in [1.29, 1.82) is 5.41 Å². The summed E-state index contributed by atoms with van der Waals surface area (Å²) in [6.45, 7) is 0. The maximum Gasteiger partial charge on any atom is 0.153 e. The third-order valence-corrected chi connectivity index (χ3v) is 2.17. The van der Waals surface area contributed by atoms with E-state index in [0.717, 1.165) is 12.3 Å². The molecule has 0 saturated heterocycles. The summed E-state index contributed by atoms with van der Waals surface area (Å²) in [5.41, 5.74) is 5.83. The minimum Gasteiger partial charge on any atom is -0.404 e. The molecule has 3 N–H and O–H groups in total. The van der Waals surface area contributed by atoms with Gasteiger partial charge in [-0.3, -0.25) is 4.79 Å². The number of hydrogen-bond donors (Lipinski definition) is 2. The Hall–Kier alpha value is -1.68. The van der Waals surface area contributed by atoms with Crippen LogP contribution >= 0.6 is 11.6 Å². The van der Waals surface area contributed by atoms with Crippen LogP contribution < -0.4 is 5.73 Å². The number of nitrogens with two attached hydrogens (primary N) is 1. The fraction of sp³-hybridized carbons (Fsp3) is 0. The molecule has 3 nitrogen and oxygen atoms in total. The minimum absolute atomic E-state index is 0.110. The highest BCUT2D eigenvalue weighted by atomic mass is 35.5. The molecule has 0 atom stereocenters. The second-order valence-corrected chi connectivity index (χ2v) is 3.14. The van der Waals surface area contributed by atoms with Gasteiger partial charge in [-0.1, -0.05) is 11.6 Å². The SMILES string of the molecule is N=CC(=CN)c1cc(C=O)c(F)cc1Cl. The molecule has 5 heteroatoms. The first-order valence-corrected chi connectivity index (χ1v) is 4.38. The van der Waals surface area contributed by atoms with Crippen LogP contribution in [0, 0.1) is 11.2 Å². The number of aldehydes is 1. The van der Waals surface area contributed by atoms with Crippen molar-refractivity contribution in [2.75, 3.05) is 0 Å². The lowest BCUT2D eigenvalue weighted by atomic mass is 10.0. The van der Waals surface area contributed by atoms with Crippen molar-refractivity contribution >= 4 is 29.7 Å². The van der Waals surface area contributed by atoms with Crippen molar-refractivity contribution < 1.29 is 9.18 Å². The fourth-order valence-corrected chi connectivity index (χ4v) is 1.35. The number of carbonyl (C=O) groups excluding carboxylic acids is 1. The van der Waals surface area contributed by atoms with Crippen LogP contribution in [-0.2, 0) is 0 Å². The molecule has 0 fully saturated rings. The molecule has 1 rings (SSSR count). The number of benzene rings is 1. The molecule has 0 radical (unpaired) electrons. The topological polar surface area (TPSA) is 66.9 Å². The first kappa shape index (κ1) is 11.4. The Morgan fingerprint density at radius 1 is 1.53 bits per heavy atom. The van der Waals surface area contributed by atoms with E-state index in [1.165, 1.54) is 12.3 Å². The zero-order chi connectivity index (χ0) is 11.4. The van der Waals surface area contributed by atoms with E-state index in [0.29, 0.717) is 17.4 Å². The number of rotatable bonds is 3. The summed E-state index contributed by atoms with van der Waals surface area (Å²) in [4.78, 5) is 10.5. The molecule has 0 amide bonds. The maximum atomic E-state index is 13.1. The monoisotopic (exact) mass is 226 g/mol. The van der Waals surface area contributed by atoms with E-state index < -0.39 is 5.82 Å². The molecule has 0 saturated carbocycles. The Labute approximate surface area is 90.9 Å². The Bertz CT molecular complexity index is 443. The molecule has 1 aromatic carbocycles. The van der Waals surface area contributed by atoms with Crippen LogP contribution in [-0.4, -0.2) is 12.5 Å². The molecule has 0 aromatic heterocycles. The zero-order valence-corrected chi connectivity index (χ0v) is 8.38. The number of halogens is 2. The van der Waals surface area contributed by atoms with Gasteiger partial charge in [0.25, 0.3) is 0 Å². The quantitative estimate of drug-likeness (QED) is 0.613. The predicted molar refractivity (Wildman–Crippen MR) is 57.7 cm³/mol. The van der Waals surface area contributed by atoms with Crippen molar-refractivity contribution in [2.24, 2.45) is 5.73 Å². The highest BCUT2D eigenvalue weighted by Gasteiger charge is 2.10. The van der Waals surface area contributed by atoms with Crippen molar-refractivity contribution in [2.45, 2.75) is 0 Å². The standard InChI is InChI=1S/C10H8ClFN2O/c11-9-2-10(12)6(5-15)1-8(9)7(3-13)4-14/h1-5,13H,14H2. The lowest BCUT2D eigenvalue weighted by Gasteiger charge is -2.05. The molecule has 78 valence electrons. The molecule has 1 aromatic rings. The van der Waals surface area contributed by atoms with Gasteiger partial charge < -0.3 is 11.1 Å². The third-order valence-electron chi connectivity index (χ3n) is 1.86. The van der Waals surface area contributed by atoms with E-state index in [2.05, 4.69) is 0 Å². The molecule has 15 heavy (non-hydrogen) atoms. The average molecular weight is 227 g/mol. The number of carbonyl (C=O) groups is 1. The van der Waals surface area contributed by atoms with E-state index in [1.54, 1.807) is 0 Å². The third kappa shape index (κ3) is 2.22. The summed E-state index contributed by atoms with van der Waals surface area (Å²) < 4.78 is 13.1. The normalized spacial score (nSPS) is 11.2. The second kappa shape index (κ2) is 4.70. The van der Waals surface area contributed by atoms with E-state index >= 15 is 0 Å². The molecule has 0 aliphatic carbocycles. The smallest absolute Gasteiger partial charge is 0.153 e. The van der Waals surface area contributed by atoms with Crippen molar-refractivity contribution in [3.8, 4) is 0 Å². The Kier molecular flexibility index (Phi) is 3.57. The molecule has 0 aliphatic rings. The fourth-order valence-electron chi connectivity index (χ4n) is 1.09. The van der Waals surface area contributed by atoms with Crippen LogP contribution in [0.15, 0.2) is 18.3 Å². The average Bonchev–Trinajstić information content (AvgIpc) is 2.22. The molecular formula is C10H8ClFN2O.